The van der Waals surface area contributed by atoms with Crippen LogP contribution >= 0.6 is 0 Å². The van der Waals surface area contributed by atoms with Crippen molar-refractivity contribution in [2.45, 2.75) is 32.7 Å². The summed E-state index contributed by atoms with van der Waals surface area (Å²) in [6.07, 6.45) is 1.80. The van der Waals surface area contributed by atoms with Crippen LogP contribution in [0.5, 0.6) is 0 Å². The second-order valence-corrected chi connectivity index (χ2v) is 7.35. The van der Waals surface area contributed by atoms with Gasteiger partial charge >= 0.3 is 0 Å². The lowest BCUT2D eigenvalue weighted by molar-refractivity contribution is 0.0930. The number of benzene rings is 2. The number of hydrogen-bond acceptors (Lipinski definition) is 3. The Hall–Kier alpha value is -3.47. The summed E-state index contributed by atoms with van der Waals surface area (Å²) in [6, 6.07) is 24.0. The molecular formula is C24H24N4O. The second-order valence-electron chi connectivity index (χ2n) is 7.35. The summed E-state index contributed by atoms with van der Waals surface area (Å²) in [5.74, 6) is -0.135. The zero-order valence-electron chi connectivity index (χ0n) is 16.7. The summed E-state index contributed by atoms with van der Waals surface area (Å²) in [7, 11) is 0. The summed E-state index contributed by atoms with van der Waals surface area (Å²) in [5.41, 5.74) is 5.04. The zero-order chi connectivity index (χ0) is 20.2. The number of fused-ring (bicyclic) bond motifs is 1. The van der Waals surface area contributed by atoms with Crippen molar-refractivity contribution in [1.82, 2.24) is 19.9 Å². The van der Waals surface area contributed by atoms with Crippen molar-refractivity contribution < 1.29 is 4.79 Å². The van der Waals surface area contributed by atoms with Gasteiger partial charge in [0.15, 0.2) is 5.65 Å². The first-order valence-corrected chi connectivity index (χ1v) is 9.88. The molecule has 0 spiro atoms. The van der Waals surface area contributed by atoms with Gasteiger partial charge in [-0.1, -0.05) is 60.7 Å². The first-order valence-electron chi connectivity index (χ1n) is 9.88. The van der Waals surface area contributed by atoms with Crippen LogP contribution in [0.15, 0.2) is 72.8 Å². The molecule has 1 atom stereocenters. The van der Waals surface area contributed by atoms with Gasteiger partial charge in [-0.05, 0) is 38.3 Å². The summed E-state index contributed by atoms with van der Waals surface area (Å²) in [6.45, 7) is 3.93. The highest BCUT2D eigenvalue weighted by atomic mass is 16.2. The van der Waals surface area contributed by atoms with Crippen molar-refractivity contribution in [2.24, 2.45) is 0 Å². The van der Waals surface area contributed by atoms with Crippen LogP contribution in [0.2, 0.25) is 0 Å². The minimum Gasteiger partial charge on any atom is -0.348 e. The molecule has 29 heavy (non-hydrogen) atoms. The average Bonchev–Trinajstić information content (AvgIpc) is 3.17. The lowest BCUT2D eigenvalue weighted by Crippen LogP contribution is -2.34. The van der Waals surface area contributed by atoms with Gasteiger partial charge in [0.05, 0.1) is 5.69 Å². The molecule has 4 aromatic rings. The van der Waals surface area contributed by atoms with Crippen molar-refractivity contribution in [3.05, 3.63) is 89.7 Å². The van der Waals surface area contributed by atoms with Crippen LogP contribution in [-0.2, 0) is 6.42 Å². The Bertz CT molecular complexity index is 1120. The summed E-state index contributed by atoms with van der Waals surface area (Å²) < 4.78 is 1.63. The highest BCUT2D eigenvalue weighted by Gasteiger charge is 2.17. The van der Waals surface area contributed by atoms with E-state index in [0.717, 1.165) is 29.8 Å². The number of aromatic nitrogens is 3. The number of hydrogen-bond donors (Lipinski definition) is 1. The Morgan fingerprint density at radius 1 is 1.03 bits per heavy atom. The van der Waals surface area contributed by atoms with Crippen molar-refractivity contribution in [1.29, 1.82) is 0 Å². The van der Waals surface area contributed by atoms with E-state index < -0.39 is 0 Å². The summed E-state index contributed by atoms with van der Waals surface area (Å²) in [4.78, 5) is 17.5. The first kappa shape index (κ1) is 18.9. The SMILES string of the molecule is Cc1cc(C(=O)NC(C)CCc2ccccc2)n2nc(-c3ccccc3)cc2n1. The third kappa shape index (κ3) is 4.35. The number of carbonyl (C=O) groups is 1. The van der Waals surface area contributed by atoms with Gasteiger partial charge in [0.25, 0.3) is 5.91 Å². The van der Waals surface area contributed by atoms with Gasteiger partial charge in [-0.3, -0.25) is 4.79 Å². The van der Waals surface area contributed by atoms with Crippen LogP contribution in [0.1, 0.15) is 35.1 Å². The van der Waals surface area contributed by atoms with Crippen molar-refractivity contribution in [2.75, 3.05) is 0 Å². The fourth-order valence-electron chi connectivity index (χ4n) is 3.41. The van der Waals surface area contributed by atoms with Crippen molar-refractivity contribution in [3.63, 3.8) is 0 Å². The predicted octanol–water partition coefficient (Wildman–Crippen LogP) is 4.46. The van der Waals surface area contributed by atoms with E-state index in [9.17, 15) is 4.79 Å². The van der Waals surface area contributed by atoms with E-state index in [-0.39, 0.29) is 11.9 Å². The van der Waals surface area contributed by atoms with Crippen LogP contribution in [0.3, 0.4) is 0 Å². The molecule has 0 saturated heterocycles. The van der Waals surface area contributed by atoms with E-state index in [2.05, 4.69) is 27.5 Å². The number of nitrogens with zero attached hydrogens (tertiary/aromatic N) is 3. The molecule has 2 aromatic heterocycles. The minimum absolute atomic E-state index is 0.0513. The average molecular weight is 384 g/mol. The number of aryl methyl sites for hydroxylation is 2. The molecule has 2 aromatic carbocycles. The minimum atomic E-state index is -0.135. The molecule has 1 unspecified atom stereocenters. The van der Waals surface area contributed by atoms with E-state index in [0.29, 0.717) is 11.3 Å². The highest BCUT2D eigenvalue weighted by Crippen LogP contribution is 2.20. The lowest BCUT2D eigenvalue weighted by atomic mass is 10.1. The molecule has 5 heteroatoms. The van der Waals surface area contributed by atoms with E-state index in [1.165, 1.54) is 5.56 Å². The van der Waals surface area contributed by atoms with E-state index in [1.54, 1.807) is 10.6 Å². The van der Waals surface area contributed by atoms with Gasteiger partial charge in [-0.15, -0.1) is 0 Å². The van der Waals surface area contributed by atoms with E-state index in [1.807, 2.05) is 68.4 Å². The van der Waals surface area contributed by atoms with Gasteiger partial charge in [0.1, 0.15) is 5.69 Å². The number of carbonyl (C=O) groups excluding carboxylic acids is 1. The quantitative estimate of drug-likeness (QED) is 0.534. The van der Waals surface area contributed by atoms with E-state index >= 15 is 0 Å². The molecule has 146 valence electrons. The molecule has 0 aliphatic carbocycles. The number of amides is 1. The first-order chi connectivity index (χ1) is 14.1. The Kier molecular flexibility index (Phi) is 5.38. The van der Waals surface area contributed by atoms with Crippen LogP contribution < -0.4 is 5.32 Å². The molecule has 0 radical (unpaired) electrons. The van der Waals surface area contributed by atoms with Crippen LogP contribution in [-0.4, -0.2) is 26.5 Å². The number of nitrogens with one attached hydrogen (secondary N) is 1. The van der Waals surface area contributed by atoms with Crippen LogP contribution in [0.4, 0.5) is 0 Å². The largest absolute Gasteiger partial charge is 0.348 e. The molecule has 1 amide bonds. The fraction of sp³-hybridized carbons (Fsp3) is 0.208. The Morgan fingerprint density at radius 2 is 1.72 bits per heavy atom. The van der Waals surface area contributed by atoms with Gasteiger partial charge < -0.3 is 5.32 Å². The smallest absolute Gasteiger partial charge is 0.270 e. The van der Waals surface area contributed by atoms with Gasteiger partial charge in [0, 0.05) is 23.4 Å². The van der Waals surface area contributed by atoms with Crippen LogP contribution in [0, 0.1) is 6.92 Å². The maximum absolute atomic E-state index is 13.0. The second kappa shape index (κ2) is 8.27. The Balaban J connectivity index is 1.54. The zero-order valence-corrected chi connectivity index (χ0v) is 16.7. The van der Waals surface area contributed by atoms with Gasteiger partial charge in [-0.25, -0.2) is 9.50 Å². The predicted molar refractivity (Wildman–Crippen MR) is 115 cm³/mol. The Labute approximate surface area is 170 Å². The van der Waals surface area contributed by atoms with E-state index in [4.69, 9.17) is 0 Å². The molecular weight excluding hydrogens is 360 g/mol. The van der Waals surface area contributed by atoms with Crippen molar-refractivity contribution >= 4 is 11.6 Å². The monoisotopic (exact) mass is 384 g/mol. The van der Waals surface area contributed by atoms with Crippen molar-refractivity contribution in [3.8, 4) is 11.3 Å². The molecule has 0 saturated carbocycles. The summed E-state index contributed by atoms with van der Waals surface area (Å²) >= 11 is 0. The Morgan fingerprint density at radius 3 is 2.45 bits per heavy atom. The highest BCUT2D eigenvalue weighted by molar-refractivity contribution is 5.93. The molecule has 0 fully saturated rings. The van der Waals surface area contributed by atoms with Gasteiger partial charge in [0.2, 0.25) is 0 Å². The molecule has 0 aliphatic heterocycles. The third-order valence-corrected chi connectivity index (χ3v) is 4.94. The maximum atomic E-state index is 13.0. The lowest BCUT2D eigenvalue weighted by Gasteiger charge is -2.14. The van der Waals surface area contributed by atoms with Crippen LogP contribution in [0.25, 0.3) is 16.9 Å². The standard InChI is InChI=1S/C24H24N4O/c1-17(13-14-19-9-5-3-6-10-19)26-24(29)22-15-18(2)25-23-16-21(27-28(22)23)20-11-7-4-8-12-20/h3-12,15-17H,13-14H2,1-2H3,(H,26,29). The topological polar surface area (TPSA) is 59.3 Å². The third-order valence-electron chi connectivity index (χ3n) is 4.94. The molecule has 0 bridgehead atoms. The van der Waals surface area contributed by atoms with Gasteiger partial charge in [-0.2, -0.15) is 5.10 Å². The normalized spacial score (nSPS) is 12.1. The molecule has 0 aliphatic rings. The molecule has 1 N–H and O–H groups in total. The fourth-order valence-corrected chi connectivity index (χ4v) is 3.41. The molecule has 4 rings (SSSR count). The maximum Gasteiger partial charge on any atom is 0.270 e. The molecule has 5 nitrogen and oxygen atoms in total. The summed E-state index contributed by atoms with van der Waals surface area (Å²) in [5, 5.41) is 7.75. The number of rotatable bonds is 6. The molecule has 2 heterocycles.